The Morgan fingerprint density at radius 3 is 2.60 bits per heavy atom. The molecule has 0 aliphatic carbocycles. The van der Waals surface area contributed by atoms with Gasteiger partial charge < -0.3 is 15.5 Å². The molecule has 2 unspecified atom stereocenters. The van der Waals surface area contributed by atoms with Gasteiger partial charge in [-0.25, -0.2) is 0 Å². The van der Waals surface area contributed by atoms with Crippen LogP contribution in [0.25, 0.3) is 0 Å². The van der Waals surface area contributed by atoms with Crippen molar-refractivity contribution in [2.45, 2.75) is 18.6 Å². The number of hydrogen-bond donors (Lipinski definition) is 3. The van der Waals surface area contributed by atoms with Crippen molar-refractivity contribution in [2.75, 3.05) is 13.6 Å². The standard InChI is InChI=1S/C11H16BrNO2/c1-13-7-6-10(14)11(15)8-4-2-3-5-9(8)12/h2-5,10-11,13-15H,6-7H2,1H3. The van der Waals surface area contributed by atoms with Crippen LogP contribution in [0.1, 0.15) is 18.1 Å². The van der Waals surface area contributed by atoms with Gasteiger partial charge in [0.25, 0.3) is 0 Å². The van der Waals surface area contributed by atoms with Gasteiger partial charge in [-0.1, -0.05) is 34.1 Å². The molecule has 0 aliphatic heterocycles. The van der Waals surface area contributed by atoms with Gasteiger partial charge in [-0.3, -0.25) is 0 Å². The molecule has 3 N–H and O–H groups in total. The molecule has 0 amide bonds. The monoisotopic (exact) mass is 273 g/mol. The number of halogens is 1. The summed E-state index contributed by atoms with van der Waals surface area (Å²) in [6.07, 6.45) is -1.05. The summed E-state index contributed by atoms with van der Waals surface area (Å²) in [5.74, 6) is 0. The number of nitrogens with one attached hydrogen (secondary N) is 1. The van der Waals surface area contributed by atoms with Crippen LogP contribution in [0.15, 0.2) is 28.7 Å². The van der Waals surface area contributed by atoms with Gasteiger partial charge in [0.05, 0.1) is 6.10 Å². The van der Waals surface area contributed by atoms with Crippen LogP contribution in [-0.4, -0.2) is 29.9 Å². The van der Waals surface area contributed by atoms with Crippen molar-refractivity contribution >= 4 is 15.9 Å². The van der Waals surface area contributed by atoms with Crippen LogP contribution in [0, 0.1) is 0 Å². The van der Waals surface area contributed by atoms with Crippen LogP contribution < -0.4 is 5.32 Å². The van der Waals surface area contributed by atoms with Crippen molar-refractivity contribution in [3.63, 3.8) is 0 Å². The van der Waals surface area contributed by atoms with Crippen molar-refractivity contribution in [2.24, 2.45) is 0 Å². The van der Waals surface area contributed by atoms with Crippen molar-refractivity contribution in [3.8, 4) is 0 Å². The summed E-state index contributed by atoms with van der Waals surface area (Å²) in [7, 11) is 1.82. The SMILES string of the molecule is CNCCC(O)C(O)c1ccccc1Br. The van der Waals surface area contributed by atoms with Crippen LogP contribution in [0.4, 0.5) is 0 Å². The van der Waals surface area contributed by atoms with Gasteiger partial charge in [-0.2, -0.15) is 0 Å². The van der Waals surface area contributed by atoms with E-state index < -0.39 is 12.2 Å². The molecular formula is C11H16BrNO2. The van der Waals surface area contributed by atoms with Gasteiger partial charge >= 0.3 is 0 Å². The van der Waals surface area contributed by atoms with E-state index in [9.17, 15) is 10.2 Å². The Bertz CT molecular complexity index is 306. The molecular weight excluding hydrogens is 258 g/mol. The zero-order valence-corrected chi connectivity index (χ0v) is 10.2. The molecule has 15 heavy (non-hydrogen) atoms. The zero-order valence-electron chi connectivity index (χ0n) is 8.65. The zero-order chi connectivity index (χ0) is 11.3. The van der Waals surface area contributed by atoms with E-state index in [1.54, 1.807) is 6.07 Å². The number of rotatable bonds is 5. The van der Waals surface area contributed by atoms with Crippen LogP contribution in [0.5, 0.6) is 0 Å². The molecule has 0 spiro atoms. The first-order valence-electron chi connectivity index (χ1n) is 4.92. The quantitative estimate of drug-likeness (QED) is 0.761. The van der Waals surface area contributed by atoms with Crippen LogP contribution >= 0.6 is 15.9 Å². The Labute approximate surface area is 98.3 Å². The minimum absolute atomic E-state index is 0.527. The van der Waals surface area contributed by atoms with E-state index in [0.29, 0.717) is 13.0 Å². The molecule has 0 aliphatic rings. The highest BCUT2D eigenvalue weighted by Crippen LogP contribution is 2.26. The van der Waals surface area contributed by atoms with Crippen molar-refractivity contribution in [1.29, 1.82) is 0 Å². The van der Waals surface area contributed by atoms with Crippen molar-refractivity contribution in [1.82, 2.24) is 5.32 Å². The molecule has 2 atom stereocenters. The molecule has 4 heteroatoms. The summed E-state index contributed by atoms with van der Waals surface area (Å²) in [5.41, 5.74) is 0.723. The Kier molecular flexibility index (Phi) is 5.25. The molecule has 1 rings (SSSR count). The average molecular weight is 274 g/mol. The van der Waals surface area contributed by atoms with Crippen molar-refractivity contribution < 1.29 is 10.2 Å². The molecule has 1 aromatic carbocycles. The third kappa shape index (κ3) is 3.57. The lowest BCUT2D eigenvalue weighted by Gasteiger charge is -2.19. The van der Waals surface area contributed by atoms with E-state index in [2.05, 4.69) is 21.2 Å². The van der Waals surface area contributed by atoms with E-state index in [1.807, 2.05) is 25.2 Å². The van der Waals surface area contributed by atoms with Gasteiger partial charge in [0.1, 0.15) is 6.10 Å². The third-order valence-corrected chi connectivity index (χ3v) is 3.00. The van der Waals surface area contributed by atoms with Crippen LogP contribution in [-0.2, 0) is 0 Å². The van der Waals surface area contributed by atoms with E-state index in [4.69, 9.17) is 0 Å². The molecule has 0 saturated carbocycles. The van der Waals surface area contributed by atoms with E-state index in [0.717, 1.165) is 10.0 Å². The molecule has 1 aromatic rings. The fourth-order valence-corrected chi connectivity index (χ4v) is 1.89. The summed E-state index contributed by atoms with van der Waals surface area (Å²) in [6.45, 7) is 0.683. The first kappa shape index (κ1) is 12.6. The molecule has 0 aromatic heterocycles. The first-order chi connectivity index (χ1) is 7.16. The fraction of sp³-hybridized carbons (Fsp3) is 0.455. The fourth-order valence-electron chi connectivity index (χ4n) is 1.37. The Morgan fingerprint density at radius 2 is 2.00 bits per heavy atom. The highest BCUT2D eigenvalue weighted by molar-refractivity contribution is 9.10. The average Bonchev–Trinajstić information content (AvgIpc) is 2.25. The number of aliphatic hydroxyl groups excluding tert-OH is 2. The second kappa shape index (κ2) is 6.23. The Morgan fingerprint density at radius 1 is 1.33 bits per heavy atom. The number of benzene rings is 1. The third-order valence-electron chi connectivity index (χ3n) is 2.28. The molecule has 0 heterocycles. The summed E-state index contributed by atoms with van der Waals surface area (Å²) in [5, 5.41) is 22.5. The first-order valence-corrected chi connectivity index (χ1v) is 5.71. The van der Waals surface area contributed by atoms with Gasteiger partial charge in [-0.05, 0) is 31.6 Å². The highest BCUT2D eigenvalue weighted by atomic mass is 79.9. The molecule has 0 fully saturated rings. The maximum Gasteiger partial charge on any atom is 0.106 e. The summed E-state index contributed by atoms with van der Waals surface area (Å²) < 4.78 is 0.820. The molecule has 0 bridgehead atoms. The molecule has 0 saturated heterocycles. The minimum atomic E-state index is -0.839. The number of aliphatic hydroxyl groups is 2. The normalized spacial score (nSPS) is 14.9. The van der Waals surface area contributed by atoms with Gasteiger partial charge in [-0.15, -0.1) is 0 Å². The smallest absolute Gasteiger partial charge is 0.106 e. The highest BCUT2D eigenvalue weighted by Gasteiger charge is 2.19. The predicted octanol–water partition coefficient (Wildman–Crippen LogP) is 1.45. The second-order valence-electron chi connectivity index (χ2n) is 3.43. The lowest BCUT2D eigenvalue weighted by Crippen LogP contribution is -2.23. The molecule has 0 radical (unpaired) electrons. The lowest BCUT2D eigenvalue weighted by atomic mass is 10.0. The molecule has 84 valence electrons. The van der Waals surface area contributed by atoms with E-state index in [1.165, 1.54) is 0 Å². The minimum Gasteiger partial charge on any atom is -0.390 e. The Balaban J connectivity index is 2.67. The predicted molar refractivity (Wildman–Crippen MR) is 63.7 cm³/mol. The number of hydrogen-bond acceptors (Lipinski definition) is 3. The largest absolute Gasteiger partial charge is 0.390 e. The lowest BCUT2D eigenvalue weighted by molar-refractivity contribution is 0.0136. The van der Waals surface area contributed by atoms with Gasteiger partial charge in [0.15, 0.2) is 0 Å². The van der Waals surface area contributed by atoms with Gasteiger partial charge in [0, 0.05) is 4.47 Å². The topological polar surface area (TPSA) is 52.5 Å². The van der Waals surface area contributed by atoms with Crippen LogP contribution in [0.2, 0.25) is 0 Å². The van der Waals surface area contributed by atoms with Crippen molar-refractivity contribution in [3.05, 3.63) is 34.3 Å². The van der Waals surface area contributed by atoms with Gasteiger partial charge in [0.2, 0.25) is 0 Å². The second-order valence-corrected chi connectivity index (χ2v) is 4.28. The molecule has 3 nitrogen and oxygen atoms in total. The maximum atomic E-state index is 9.89. The maximum absolute atomic E-state index is 9.89. The van der Waals surface area contributed by atoms with E-state index >= 15 is 0 Å². The van der Waals surface area contributed by atoms with E-state index in [-0.39, 0.29) is 0 Å². The van der Waals surface area contributed by atoms with Crippen LogP contribution in [0.3, 0.4) is 0 Å². The summed E-state index contributed by atoms with van der Waals surface area (Å²) in [6, 6.07) is 7.37. The summed E-state index contributed by atoms with van der Waals surface area (Å²) in [4.78, 5) is 0. The summed E-state index contributed by atoms with van der Waals surface area (Å²) >= 11 is 3.35. The Hall–Kier alpha value is -0.420.